The third-order valence-electron chi connectivity index (χ3n) is 9.52. The number of hydrogen-bond donors (Lipinski definition) is 2. The van der Waals surface area contributed by atoms with Crippen LogP contribution in [0.1, 0.15) is 31.2 Å². The lowest BCUT2D eigenvalue weighted by Gasteiger charge is -2.30. The standard InChI is InChI=1S/C32H30F6N6O4S/c1-2-22(46)44-12-17(8-16(44)13-45)48-28-19-9-20(32(36,37)38)23(18-4-5-21(34)27-26(18)40-29(39)49-27)24(35)25(19)41-30(42-28)47-14-31-6-3-7-43(31)11-15(33)10-31/h2,4-5,9,15-17,45H,1,3,6-8,10-14H2,(H2,39,40)/t15-,16-,17-,31+/m1/s1. The normalized spacial score (nSPS) is 24.2. The molecule has 4 aromatic rings. The highest BCUT2D eigenvalue weighted by Crippen LogP contribution is 2.46. The van der Waals surface area contributed by atoms with Crippen molar-refractivity contribution in [2.75, 3.05) is 38.6 Å². The van der Waals surface area contributed by atoms with Crippen molar-refractivity contribution in [3.05, 3.63) is 48.1 Å². The minimum atomic E-state index is -5.13. The number of aliphatic hydroxyl groups is 1. The predicted molar refractivity (Wildman–Crippen MR) is 168 cm³/mol. The molecule has 0 saturated carbocycles. The number of anilines is 1. The molecule has 3 aliphatic heterocycles. The molecule has 260 valence electrons. The molecule has 2 aromatic carbocycles. The van der Waals surface area contributed by atoms with Gasteiger partial charge in [0, 0.05) is 30.5 Å². The van der Waals surface area contributed by atoms with Crippen molar-refractivity contribution in [2.24, 2.45) is 0 Å². The first-order chi connectivity index (χ1) is 23.3. The fourth-order valence-electron chi connectivity index (χ4n) is 7.34. The van der Waals surface area contributed by atoms with Gasteiger partial charge in [-0.3, -0.25) is 9.69 Å². The van der Waals surface area contributed by atoms with Gasteiger partial charge in [-0.05, 0) is 43.7 Å². The van der Waals surface area contributed by atoms with Gasteiger partial charge in [-0.1, -0.05) is 17.9 Å². The van der Waals surface area contributed by atoms with Gasteiger partial charge in [0.25, 0.3) is 0 Å². The second-order valence-corrected chi connectivity index (χ2v) is 13.5. The Morgan fingerprint density at radius 2 is 2.00 bits per heavy atom. The number of nitrogen functional groups attached to an aromatic ring is 1. The summed E-state index contributed by atoms with van der Waals surface area (Å²) in [5.41, 5.74) is 1.53. The number of benzene rings is 2. The van der Waals surface area contributed by atoms with Gasteiger partial charge in [0.15, 0.2) is 10.9 Å². The number of hydrogen-bond acceptors (Lipinski definition) is 10. The number of carbonyl (C=O) groups excluding carboxylic acids is 1. The molecular formula is C32H30F6N6O4S. The molecule has 0 spiro atoms. The number of likely N-dealkylation sites (tertiary alicyclic amines) is 1. The smallest absolute Gasteiger partial charge is 0.417 e. The number of rotatable bonds is 8. The van der Waals surface area contributed by atoms with Gasteiger partial charge in [0.05, 0.1) is 45.9 Å². The largest absolute Gasteiger partial charge is 0.472 e. The average molecular weight is 709 g/mol. The second kappa shape index (κ2) is 12.3. The van der Waals surface area contributed by atoms with Crippen LogP contribution in [0.4, 0.5) is 31.5 Å². The molecule has 17 heteroatoms. The van der Waals surface area contributed by atoms with Gasteiger partial charge in [0.2, 0.25) is 11.8 Å². The Morgan fingerprint density at radius 1 is 1.20 bits per heavy atom. The number of aliphatic hydroxyl groups excluding tert-OH is 1. The highest BCUT2D eigenvalue weighted by molar-refractivity contribution is 7.22. The predicted octanol–water partition coefficient (Wildman–Crippen LogP) is 5.27. The number of nitrogens with zero attached hydrogens (tertiary/aromatic N) is 5. The van der Waals surface area contributed by atoms with E-state index in [0.717, 1.165) is 24.6 Å². The van der Waals surface area contributed by atoms with E-state index in [9.17, 15) is 31.9 Å². The Balaban J connectivity index is 1.38. The first-order valence-electron chi connectivity index (χ1n) is 15.5. The molecular weight excluding hydrogens is 678 g/mol. The monoisotopic (exact) mass is 708 g/mol. The van der Waals surface area contributed by atoms with Crippen LogP contribution in [0.2, 0.25) is 0 Å². The van der Waals surface area contributed by atoms with Crippen LogP contribution in [-0.4, -0.2) is 92.5 Å². The number of nitrogens with two attached hydrogens (primary N) is 1. The first kappa shape index (κ1) is 33.3. The summed E-state index contributed by atoms with van der Waals surface area (Å²) in [5, 5.41) is 9.29. The van der Waals surface area contributed by atoms with Gasteiger partial charge in [0.1, 0.15) is 30.2 Å². The zero-order valence-electron chi connectivity index (χ0n) is 25.8. The summed E-state index contributed by atoms with van der Waals surface area (Å²) >= 11 is 0.704. The van der Waals surface area contributed by atoms with Crippen LogP contribution in [0.3, 0.4) is 0 Å². The van der Waals surface area contributed by atoms with Gasteiger partial charge >= 0.3 is 12.2 Å². The Labute approximate surface area is 279 Å². The zero-order valence-corrected chi connectivity index (χ0v) is 26.6. The molecule has 3 saturated heterocycles. The Kier molecular flexibility index (Phi) is 8.34. The molecule has 0 aliphatic carbocycles. The lowest BCUT2D eigenvalue weighted by Crippen LogP contribution is -2.43. The molecule has 7 rings (SSSR count). The van der Waals surface area contributed by atoms with Crippen molar-refractivity contribution in [1.82, 2.24) is 24.8 Å². The molecule has 0 bridgehead atoms. The summed E-state index contributed by atoms with van der Waals surface area (Å²) in [4.78, 5) is 28.2. The molecule has 0 unspecified atom stereocenters. The number of fused-ring (bicyclic) bond motifs is 3. The van der Waals surface area contributed by atoms with Crippen LogP contribution in [0.25, 0.3) is 32.2 Å². The van der Waals surface area contributed by atoms with Gasteiger partial charge in [-0.15, -0.1) is 0 Å². The van der Waals surface area contributed by atoms with Gasteiger partial charge in [-0.25, -0.2) is 18.2 Å². The first-order valence-corrected chi connectivity index (χ1v) is 16.3. The van der Waals surface area contributed by atoms with E-state index in [1.165, 1.54) is 4.90 Å². The van der Waals surface area contributed by atoms with Crippen molar-refractivity contribution in [3.63, 3.8) is 0 Å². The highest BCUT2D eigenvalue weighted by atomic mass is 32.1. The number of aromatic nitrogens is 3. The van der Waals surface area contributed by atoms with E-state index in [0.29, 0.717) is 30.4 Å². The third-order valence-corrected chi connectivity index (χ3v) is 10.4. The summed E-state index contributed by atoms with van der Waals surface area (Å²) in [6.45, 7) is 3.79. The SMILES string of the molecule is C=CC(=O)N1C[C@H](Oc2nc(OC[C@@]34CCCN3C[C@H](F)C4)nc3c(F)c(-c4ccc(F)c5sc(N)nc45)c(C(F)(F)F)cc23)C[C@@H]1CO. The summed E-state index contributed by atoms with van der Waals surface area (Å²) < 4.78 is 102. The van der Waals surface area contributed by atoms with E-state index in [4.69, 9.17) is 15.2 Å². The molecule has 3 aliphatic rings. The molecule has 4 atom stereocenters. The Bertz CT molecular complexity index is 1980. The number of amides is 1. The molecule has 0 radical (unpaired) electrons. The van der Waals surface area contributed by atoms with Crippen molar-refractivity contribution >= 4 is 43.5 Å². The summed E-state index contributed by atoms with van der Waals surface area (Å²) in [5.74, 6) is -3.16. The third kappa shape index (κ3) is 5.80. The van der Waals surface area contributed by atoms with Gasteiger partial charge < -0.3 is 25.2 Å². The molecule has 1 amide bonds. The van der Waals surface area contributed by atoms with Crippen molar-refractivity contribution < 1.29 is 45.7 Å². The number of halogens is 6. The topological polar surface area (TPSA) is 127 Å². The molecule has 3 N–H and O–H groups in total. The Hall–Kier alpha value is -4.22. The van der Waals surface area contributed by atoms with E-state index in [1.54, 1.807) is 0 Å². The number of ether oxygens (including phenoxy) is 2. The second-order valence-electron chi connectivity index (χ2n) is 12.5. The maximum Gasteiger partial charge on any atom is 0.417 e. The minimum Gasteiger partial charge on any atom is -0.472 e. The van der Waals surface area contributed by atoms with Crippen LogP contribution in [-0.2, 0) is 11.0 Å². The lowest BCUT2D eigenvalue weighted by atomic mass is 9.95. The van der Waals surface area contributed by atoms with E-state index >= 15 is 4.39 Å². The number of alkyl halides is 4. The van der Waals surface area contributed by atoms with Gasteiger partial charge in [-0.2, -0.15) is 23.1 Å². The number of carbonyl (C=O) groups is 1. The van der Waals surface area contributed by atoms with Crippen LogP contribution in [0, 0.1) is 11.6 Å². The van der Waals surface area contributed by atoms with E-state index in [-0.39, 0.29) is 53.4 Å². The van der Waals surface area contributed by atoms with Crippen LogP contribution < -0.4 is 15.2 Å². The molecule has 49 heavy (non-hydrogen) atoms. The summed E-state index contributed by atoms with van der Waals surface area (Å²) in [6, 6.07) is 1.44. The van der Waals surface area contributed by atoms with Crippen molar-refractivity contribution in [3.8, 4) is 23.0 Å². The molecule has 5 heterocycles. The summed E-state index contributed by atoms with van der Waals surface area (Å²) in [7, 11) is 0. The van der Waals surface area contributed by atoms with Crippen molar-refractivity contribution in [2.45, 2.75) is 55.7 Å². The van der Waals surface area contributed by atoms with E-state index < -0.39 is 88.1 Å². The fraction of sp³-hybridized carbons (Fsp3) is 0.438. The lowest BCUT2D eigenvalue weighted by molar-refractivity contribution is -0.137. The van der Waals surface area contributed by atoms with Crippen LogP contribution >= 0.6 is 11.3 Å². The van der Waals surface area contributed by atoms with E-state index in [2.05, 4.69) is 21.5 Å². The zero-order chi connectivity index (χ0) is 34.8. The number of thiazole rings is 1. The molecule has 2 aromatic heterocycles. The van der Waals surface area contributed by atoms with Crippen LogP contribution in [0.5, 0.6) is 11.9 Å². The van der Waals surface area contributed by atoms with Crippen LogP contribution in [0.15, 0.2) is 30.9 Å². The van der Waals surface area contributed by atoms with Crippen molar-refractivity contribution in [1.29, 1.82) is 0 Å². The minimum absolute atomic E-state index is 0.0677. The summed E-state index contributed by atoms with van der Waals surface area (Å²) in [6.07, 6.45) is -4.29. The highest BCUT2D eigenvalue weighted by Gasteiger charge is 2.49. The molecule has 3 fully saturated rings. The maximum atomic E-state index is 16.8. The Morgan fingerprint density at radius 3 is 2.73 bits per heavy atom. The average Bonchev–Trinajstić information content (AvgIpc) is 3.82. The maximum absolute atomic E-state index is 16.8. The quantitative estimate of drug-likeness (QED) is 0.186. The fourth-order valence-corrected chi connectivity index (χ4v) is 8.10. The van der Waals surface area contributed by atoms with E-state index in [1.807, 2.05) is 4.90 Å². The molecule has 10 nitrogen and oxygen atoms in total.